The predicted molar refractivity (Wildman–Crippen MR) is 67.7 cm³/mol. The molecule has 0 aliphatic rings. The largest absolute Gasteiger partial charge is 0.299 e. The minimum atomic E-state index is -1.11. The van der Waals surface area contributed by atoms with Crippen molar-refractivity contribution in [2.45, 2.75) is 20.3 Å². The van der Waals surface area contributed by atoms with E-state index in [4.69, 9.17) is 0 Å². The van der Waals surface area contributed by atoms with Crippen molar-refractivity contribution in [1.82, 2.24) is 0 Å². The van der Waals surface area contributed by atoms with E-state index in [9.17, 15) is 14.4 Å². The van der Waals surface area contributed by atoms with Crippen LogP contribution in [0.2, 0.25) is 0 Å². The summed E-state index contributed by atoms with van der Waals surface area (Å²) in [7, 11) is 0. The fourth-order valence-electron chi connectivity index (χ4n) is 1.65. The molecule has 0 aliphatic carbocycles. The average molecular weight is 297 g/mol. The molecule has 0 N–H and O–H groups in total. The van der Waals surface area contributed by atoms with Crippen LogP contribution in [0.25, 0.3) is 0 Å². The van der Waals surface area contributed by atoms with Gasteiger partial charge in [0.15, 0.2) is 5.78 Å². The molecule has 0 aliphatic heterocycles. The van der Waals surface area contributed by atoms with Gasteiger partial charge in [-0.2, -0.15) is 0 Å². The van der Waals surface area contributed by atoms with Crippen LogP contribution in [-0.2, 0) is 20.8 Å². The van der Waals surface area contributed by atoms with Gasteiger partial charge in [0.25, 0.3) is 0 Å². The maximum absolute atomic E-state index is 11.8. The van der Waals surface area contributed by atoms with Gasteiger partial charge in [-0.25, -0.2) is 0 Å². The first-order valence-corrected chi connectivity index (χ1v) is 5.99. The molecule has 0 heterocycles. The Bertz CT molecular complexity index is 434. The summed E-state index contributed by atoms with van der Waals surface area (Å²) in [5, 5.41) is 0. The second-order valence-electron chi connectivity index (χ2n) is 3.92. The van der Waals surface area contributed by atoms with Gasteiger partial charge in [-0.15, -0.1) is 0 Å². The van der Waals surface area contributed by atoms with E-state index >= 15 is 0 Å². The van der Waals surface area contributed by atoms with Crippen molar-refractivity contribution in [2.75, 3.05) is 0 Å². The van der Waals surface area contributed by atoms with Crippen LogP contribution in [-0.4, -0.2) is 17.3 Å². The highest BCUT2D eigenvalue weighted by Gasteiger charge is 2.27. The van der Waals surface area contributed by atoms with Crippen LogP contribution in [0.1, 0.15) is 19.4 Å². The van der Waals surface area contributed by atoms with Crippen LogP contribution in [0.4, 0.5) is 0 Å². The van der Waals surface area contributed by atoms with Gasteiger partial charge in [-0.3, -0.25) is 14.4 Å². The monoisotopic (exact) mass is 296 g/mol. The van der Waals surface area contributed by atoms with E-state index in [0.717, 1.165) is 10.0 Å². The number of halogens is 1. The molecule has 0 bridgehead atoms. The number of carbonyl (C=O) groups excluding carboxylic acids is 3. The number of hydrogen-bond donors (Lipinski definition) is 0. The Morgan fingerprint density at radius 1 is 1.06 bits per heavy atom. The summed E-state index contributed by atoms with van der Waals surface area (Å²) in [5.41, 5.74) is 0.797. The lowest BCUT2D eigenvalue weighted by atomic mass is 9.92. The smallest absolute Gasteiger partial charge is 0.155 e. The Morgan fingerprint density at radius 3 is 1.94 bits per heavy atom. The van der Waals surface area contributed by atoms with Crippen molar-refractivity contribution in [2.24, 2.45) is 5.92 Å². The number of benzene rings is 1. The standard InChI is InChI=1S/C13H13BrO3/c1-8(15)13(9(2)16)12(17)7-10-3-5-11(14)6-4-10/h3-6,13H,7H2,1-2H3. The molecule has 0 atom stereocenters. The maximum atomic E-state index is 11.8. The number of ketones is 3. The van der Waals surface area contributed by atoms with Gasteiger partial charge in [0.05, 0.1) is 0 Å². The van der Waals surface area contributed by atoms with E-state index in [2.05, 4.69) is 15.9 Å². The van der Waals surface area contributed by atoms with Crippen molar-refractivity contribution >= 4 is 33.3 Å². The van der Waals surface area contributed by atoms with Gasteiger partial charge < -0.3 is 0 Å². The third-order valence-corrected chi connectivity index (χ3v) is 2.96. The van der Waals surface area contributed by atoms with Gasteiger partial charge in [0, 0.05) is 10.9 Å². The van der Waals surface area contributed by atoms with Crippen LogP contribution in [0, 0.1) is 5.92 Å². The van der Waals surface area contributed by atoms with Crippen LogP contribution >= 0.6 is 15.9 Å². The van der Waals surface area contributed by atoms with Crippen molar-refractivity contribution in [3.63, 3.8) is 0 Å². The first-order valence-electron chi connectivity index (χ1n) is 5.20. The summed E-state index contributed by atoms with van der Waals surface area (Å²) in [5.74, 6) is -2.23. The van der Waals surface area contributed by atoms with E-state index in [-0.39, 0.29) is 23.8 Å². The van der Waals surface area contributed by atoms with E-state index in [1.807, 2.05) is 12.1 Å². The normalized spacial score (nSPS) is 10.4. The molecule has 0 radical (unpaired) electrons. The molecule has 4 heteroatoms. The SMILES string of the molecule is CC(=O)C(C(C)=O)C(=O)Cc1ccc(Br)cc1. The van der Waals surface area contributed by atoms with Gasteiger partial charge >= 0.3 is 0 Å². The first kappa shape index (κ1) is 13.8. The highest BCUT2D eigenvalue weighted by Crippen LogP contribution is 2.13. The van der Waals surface area contributed by atoms with Gasteiger partial charge in [-0.05, 0) is 31.5 Å². The molecule has 0 spiro atoms. The summed E-state index contributed by atoms with van der Waals surface area (Å²) >= 11 is 3.29. The maximum Gasteiger partial charge on any atom is 0.155 e. The zero-order chi connectivity index (χ0) is 13.0. The lowest BCUT2D eigenvalue weighted by Crippen LogP contribution is -2.29. The molecule has 0 amide bonds. The highest BCUT2D eigenvalue weighted by molar-refractivity contribution is 9.10. The van der Waals surface area contributed by atoms with Crippen molar-refractivity contribution in [3.05, 3.63) is 34.3 Å². The lowest BCUT2D eigenvalue weighted by Gasteiger charge is -2.08. The molecule has 1 aromatic rings. The van der Waals surface area contributed by atoms with Crippen LogP contribution in [0.3, 0.4) is 0 Å². The highest BCUT2D eigenvalue weighted by atomic mass is 79.9. The van der Waals surface area contributed by atoms with Gasteiger partial charge in [0.2, 0.25) is 0 Å². The molecular formula is C13H13BrO3. The predicted octanol–water partition coefficient (Wildman–Crippen LogP) is 2.35. The summed E-state index contributed by atoms with van der Waals surface area (Å²) in [4.78, 5) is 34.3. The molecular weight excluding hydrogens is 284 g/mol. The quantitative estimate of drug-likeness (QED) is 0.784. The molecule has 0 fully saturated rings. The van der Waals surface area contributed by atoms with E-state index in [1.54, 1.807) is 12.1 Å². The molecule has 17 heavy (non-hydrogen) atoms. The van der Waals surface area contributed by atoms with Crippen molar-refractivity contribution < 1.29 is 14.4 Å². The average Bonchev–Trinajstić information content (AvgIpc) is 2.20. The summed E-state index contributed by atoms with van der Waals surface area (Å²) in [6.45, 7) is 2.54. The Kier molecular flexibility index (Phi) is 4.75. The fourth-order valence-corrected chi connectivity index (χ4v) is 1.91. The van der Waals surface area contributed by atoms with Crippen molar-refractivity contribution in [1.29, 1.82) is 0 Å². The van der Waals surface area contributed by atoms with Crippen LogP contribution < -0.4 is 0 Å². The van der Waals surface area contributed by atoms with Crippen LogP contribution in [0.15, 0.2) is 28.7 Å². The number of Topliss-reactive ketones (excluding diaryl/α,β-unsaturated/α-hetero) is 3. The van der Waals surface area contributed by atoms with Gasteiger partial charge in [0.1, 0.15) is 17.5 Å². The molecule has 0 saturated carbocycles. The number of hydrogen-bond acceptors (Lipinski definition) is 3. The van der Waals surface area contributed by atoms with E-state index < -0.39 is 5.92 Å². The van der Waals surface area contributed by atoms with E-state index in [0.29, 0.717) is 0 Å². The third-order valence-electron chi connectivity index (χ3n) is 2.43. The van der Waals surface area contributed by atoms with E-state index in [1.165, 1.54) is 13.8 Å². The number of carbonyl (C=O) groups is 3. The molecule has 0 unspecified atom stereocenters. The third kappa shape index (κ3) is 3.89. The molecule has 3 nitrogen and oxygen atoms in total. The second kappa shape index (κ2) is 5.87. The van der Waals surface area contributed by atoms with Gasteiger partial charge in [-0.1, -0.05) is 28.1 Å². The minimum absolute atomic E-state index is 0.108. The molecule has 0 aromatic heterocycles. The Balaban J connectivity index is 2.80. The second-order valence-corrected chi connectivity index (χ2v) is 4.84. The minimum Gasteiger partial charge on any atom is -0.299 e. The summed E-state index contributed by atoms with van der Waals surface area (Å²) in [6.07, 6.45) is 0.108. The molecule has 1 aromatic carbocycles. The molecule has 1 rings (SSSR count). The fraction of sp³-hybridized carbons (Fsp3) is 0.308. The molecule has 0 saturated heterocycles. The summed E-state index contributed by atoms with van der Waals surface area (Å²) < 4.78 is 0.920. The van der Waals surface area contributed by atoms with Crippen molar-refractivity contribution in [3.8, 4) is 0 Å². The lowest BCUT2D eigenvalue weighted by molar-refractivity contribution is -0.137. The zero-order valence-electron chi connectivity index (χ0n) is 9.70. The number of rotatable bonds is 5. The first-order chi connectivity index (χ1) is 7.91. The summed E-state index contributed by atoms with van der Waals surface area (Å²) in [6, 6.07) is 7.22. The topological polar surface area (TPSA) is 51.2 Å². The Labute approximate surface area is 108 Å². The molecule has 90 valence electrons. The zero-order valence-corrected chi connectivity index (χ0v) is 11.3. The Hall–Kier alpha value is -1.29. The Morgan fingerprint density at radius 2 is 1.53 bits per heavy atom. The van der Waals surface area contributed by atoms with Crippen LogP contribution in [0.5, 0.6) is 0 Å².